The number of ether oxygens (including phenoxy) is 1. The molecule has 0 aliphatic carbocycles. The fourth-order valence-corrected chi connectivity index (χ4v) is 1.47. The number of nitro benzene ring substituents is 1. The van der Waals surface area contributed by atoms with Crippen LogP contribution in [0.3, 0.4) is 0 Å². The number of rotatable bonds is 4. The molecule has 1 N–H and O–H groups in total. The van der Waals surface area contributed by atoms with Crippen LogP contribution in [0.4, 0.5) is 5.69 Å². The van der Waals surface area contributed by atoms with Gasteiger partial charge in [0, 0.05) is 6.07 Å². The molecule has 0 heterocycles. The highest BCUT2D eigenvalue weighted by Gasteiger charge is 2.19. The molecule has 86 valence electrons. The van der Waals surface area contributed by atoms with Gasteiger partial charge < -0.3 is 9.84 Å². The number of halogens is 1. The number of hydrogen-bond donors (Lipinski definition) is 1. The van der Waals surface area contributed by atoms with Gasteiger partial charge >= 0.3 is 5.97 Å². The fourth-order valence-electron chi connectivity index (χ4n) is 0.972. The third kappa shape index (κ3) is 2.69. The van der Waals surface area contributed by atoms with Gasteiger partial charge in [0.15, 0.2) is 6.10 Å². The number of benzene rings is 1. The zero-order valence-electron chi connectivity index (χ0n) is 8.21. The summed E-state index contributed by atoms with van der Waals surface area (Å²) < 4.78 is 5.18. The molecule has 0 fully saturated rings. The Morgan fingerprint density at radius 2 is 2.25 bits per heavy atom. The van der Waals surface area contributed by atoms with E-state index in [-0.39, 0.29) is 15.9 Å². The van der Waals surface area contributed by atoms with Crippen LogP contribution in [0.25, 0.3) is 0 Å². The van der Waals surface area contributed by atoms with Crippen molar-refractivity contribution in [2.45, 2.75) is 13.0 Å². The van der Waals surface area contributed by atoms with E-state index in [4.69, 9.17) is 9.84 Å². The van der Waals surface area contributed by atoms with E-state index in [9.17, 15) is 14.9 Å². The Morgan fingerprint density at radius 1 is 1.62 bits per heavy atom. The summed E-state index contributed by atoms with van der Waals surface area (Å²) in [6.07, 6.45) is -1.07. The number of carboxylic acid groups (broad SMARTS) is 1. The van der Waals surface area contributed by atoms with Crippen LogP contribution in [0.2, 0.25) is 0 Å². The van der Waals surface area contributed by atoms with Gasteiger partial charge in [-0.25, -0.2) is 4.79 Å². The van der Waals surface area contributed by atoms with E-state index < -0.39 is 17.0 Å². The lowest BCUT2D eigenvalue weighted by Gasteiger charge is -2.11. The molecule has 6 nitrogen and oxygen atoms in total. The highest BCUT2D eigenvalue weighted by Crippen LogP contribution is 2.34. The Kier molecular flexibility index (Phi) is 3.83. The van der Waals surface area contributed by atoms with Crippen molar-refractivity contribution < 1.29 is 19.6 Å². The first-order valence-corrected chi connectivity index (χ1v) is 5.05. The van der Waals surface area contributed by atoms with E-state index in [0.29, 0.717) is 0 Å². The van der Waals surface area contributed by atoms with Gasteiger partial charge in [-0.05, 0) is 28.9 Å². The summed E-state index contributed by atoms with van der Waals surface area (Å²) in [5.74, 6) is -1.01. The van der Waals surface area contributed by atoms with Crippen LogP contribution in [0, 0.1) is 10.1 Å². The summed E-state index contributed by atoms with van der Waals surface area (Å²) in [6, 6.07) is 4.17. The van der Waals surface area contributed by atoms with Gasteiger partial charge in [0.1, 0.15) is 10.2 Å². The first-order valence-electron chi connectivity index (χ1n) is 4.26. The van der Waals surface area contributed by atoms with Crippen molar-refractivity contribution in [3.8, 4) is 5.75 Å². The van der Waals surface area contributed by atoms with Gasteiger partial charge in [0.05, 0.1) is 4.92 Å². The molecule has 0 unspecified atom stereocenters. The summed E-state index contributed by atoms with van der Waals surface area (Å²) in [5.41, 5.74) is -0.171. The van der Waals surface area contributed by atoms with Gasteiger partial charge in [0.25, 0.3) is 5.69 Å². The first kappa shape index (κ1) is 12.4. The fraction of sp³-hybridized carbons (Fsp3) is 0.222. The molecule has 0 spiro atoms. The van der Waals surface area contributed by atoms with E-state index in [1.807, 2.05) is 0 Å². The van der Waals surface area contributed by atoms with Crippen molar-refractivity contribution in [3.63, 3.8) is 0 Å². The smallest absolute Gasteiger partial charge is 0.344 e. The Bertz CT molecular complexity index is 434. The molecule has 1 aromatic rings. The van der Waals surface area contributed by atoms with Crippen LogP contribution in [0.5, 0.6) is 5.75 Å². The SMILES string of the molecule is C[C@H](Oc1cccc([N+](=O)[O-])c1Br)C(=O)O. The zero-order chi connectivity index (χ0) is 12.3. The number of nitrogens with zero attached hydrogens (tertiary/aromatic N) is 1. The van der Waals surface area contributed by atoms with Crippen molar-refractivity contribution in [2.75, 3.05) is 0 Å². The molecule has 1 rings (SSSR count). The highest BCUT2D eigenvalue weighted by molar-refractivity contribution is 9.10. The Hall–Kier alpha value is -1.63. The van der Waals surface area contributed by atoms with E-state index in [1.165, 1.54) is 25.1 Å². The van der Waals surface area contributed by atoms with Crippen LogP contribution >= 0.6 is 15.9 Å². The summed E-state index contributed by atoms with van der Waals surface area (Å²) in [5, 5.41) is 19.2. The molecule has 0 radical (unpaired) electrons. The van der Waals surface area contributed by atoms with Crippen molar-refractivity contribution >= 4 is 27.6 Å². The number of carboxylic acids is 1. The molecule has 0 aromatic heterocycles. The second kappa shape index (κ2) is 4.93. The number of nitro groups is 1. The second-order valence-electron chi connectivity index (χ2n) is 2.94. The molecule has 16 heavy (non-hydrogen) atoms. The molecule has 0 saturated carbocycles. The molecular weight excluding hydrogens is 282 g/mol. The molecule has 0 bridgehead atoms. The maximum absolute atomic E-state index is 10.6. The average Bonchev–Trinajstić information content (AvgIpc) is 2.20. The number of carbonyl (C=O) groups is 1. The van der Waals surface area contributed by atoms with Crippen molar-refractivity contribution in [3.05, 3.63) is 32.8 Å². The minimum absolute atomic E-state index is 0.129. The Morgan fingerprint density at radius 3 is 2.75 bits per heavy atom. The summed E-state index contributed by atoms with van der Waals surface area (Å²) in [6.45, 7) is 1.34. The minimum atomic E-state index is -1.14. The molecule has 0 amide bonds. The van der Waals surface area contributed by atoms with Crippen LogP contribution in [-0.4, -0.2) is 22.1 Å². The van der Waals surface area contributed by atoms with Gasteiger partial charge in [-0.1, -0.05) is 6.07 Å². The Labute approximate surface area is 99.1 Å². The lowest BCUT2D eigenvalue weighted by atomic mass is 10.3. The van der Waals surface area contributed by atoms with Crippen LogP contribution in [0.15, 0.2) is 22.7 Å². The van der Waals surface area contributed by atoms with E-state index in [0.717, 1.165) is 0 Å². The highest BCUT2D eigenvalue weighted by atomic mass is 79.9. The predicted molar refractivity (Wildman–Crippen MR) is 58.5 cm³/mol. The third-order valence-corrected chi connectivity index (χ3v) is 2.59. The van der Waals surface area contributed by atoms with Crippen molar-refractivity contribution in [1.82, 2.24) is 0 Å². The number of hydrogen-bond acceptors (Lipinski definition) is 4. The molecule has 0 aliphatic rings. The van der Waals surface area contributed by atoms with Gasteiger partial charge in [-0.2, -0.15) is 0 Å². The molecule has 0 saturated heterocycles. The van der Waals surface area contributed by atoms with Crippen LogP contribution in [-0.2, 0) is 4.79 Å². The van der Waals surface area contributed by atoms with Gasteiger partial charge in [-0.15, -0.1) is 0 Å². The Balaban J connectivity index is 3.02. The second-order valence-corrected chi connectivity index (χ2v) is 3.74. The monoisotopic (exact) mass is 289 g/mol. The summed E-state index contributed by atoms with van der Waals surface area (Å²) >= 11 is 3.00. The van der Waals surface area contributed by atoms with Gasteiger partial charge in [-0.3, -0.25) is 10.1 Å². The summed E-state index contributed by atoms with van der Waals surface area (Å²) in [7, 11) is 0. The maximum atomic E-state index is 10.6. The molecule has 7 heteroatoms. The lowest BCUT2D eigenvalue weighted by Crippen LogP contribution is -2.23. The van der Waals surface area contributed by atoms with Crippen molar-refractivity contribution in [2.24, 2.45) is 0 Å². The average molecular weight is 290 g/mol. The minimum Gasteiger partial charge on any atom is -0.479 e. The summed E-state index contributed by atoms with van der Waals surface area (Å²) in [4.78, 5) is 20.6. The maximum Gasteiger partial charge on any atom is 0.344 e. The molecule has 1 atom stereocenters. The zero-order valence-corrected chi connectivity index (χ0v) is 9.80. The molecule has 0 aliphatic heterocycles. The lowest BCUT2D eigenvalue weighted by molar-refractivity contribution is -0.385. The molecular formula is C9H8BrNO5. The van der Waals surface area contributed by atoms with E-state index in [2.05, 4.69) is 15.9 Å². The van der Waals surface area contributed by atoms with E-state index in [1.54, 1.807) is 0 Å². The van der Waals surface area contributed by atoms with E-state index >= 15 is 0 Å². The standard InChI is InChI=1S/C9H8BrNO5/c1-5(9(12)13)16-7-4-2-3-6(8(7)10)11(14)15/h2-5H,1H3,(H,12,13)/t5-/m0/s1. The number of aliphatic carboxylic acids is 1. The predicted octanol–water partition coefficient (Wildman–Crippen LogP) is 2.21. The third-order valence-electron chi connectivity index (χ3n) is 1.79. The van der Waals surface area contributed by atoms with Crippen LogP contribution in [0.1, 0.15) is 6.92 Å². The largest absolute Gasteiger partial charge is 0.479 e. The first-order chi connectivity index (χ1) is 7.43. The van der Waals surface area contributed by atoms with Gasteiger partial charge in [0.2, 0.25) is 0 Å². The van der Waals surface area contributed by atoms with Crippen molar-refractivity contribution in [1.29, 1.82) is 0 Å². The normalized spacial score (nSPS) is 11.9. The molecule has 1 aromatic carbocycles. The van der Waals surface area contributed by atoms with Crippen LogP contribution < -0.4 is 4.74 Å². The topological polar surface area (TPSA) is 89.7 Å². The quantitative estimate of drug-likeness (QED) is 0.678.